The van der Waals surface area contributed by atoms with Crippen LogP contribution in [0.1, 0.15) is 18.9 Å². The van der Waals surface area contributed by atoms with Crippen LogP contribution in [-0.4, -0.2) is 18.6 Å². The van der Waals surface area contributed by atoms with E-state index in [1.807, 2.05) is 24.3 Å². The Labute approximate surface area is 120 Å². The summed E-state index contributed by atoms with van der Waals surface area (Å²) in [6.45, 7) is 3.96. The molecule has 2 N–H and O–H groups in total. The van der Waals surface area contributed by atoms with E-state index in [0.717, 1.165) is 36.8 Å². The number of aromatic nitrogens is 1. The number of hydrogen-bond donors (Lipinski definition) is 1. The lowest BCUT2D eigenvalue weighted by Gasteiger charge is -2.23. The molecular formula is C16H21N3O. The maximum atomic E-state index is 5.72. The molecule has 20 heavy (non-hydrogen) atoms. The molecule has 106 valence electrons. The first-order chi connectivity index (χ1) is 9.72. The Morgan fingerprint density at radius 3 is 2.45 bits per heavy atom. The number of ether oxygens (including phenoxy) is 1. The lowest BCUT2D eigenvalue weighted by Crippen LogP contribution is -2.24. The predicted octanol–water partition coefficient (Wildman–Crippen LogP) is 3.09. The number of rotatable bonds is 6. The molecule has 0 fully saturated rings. The largest absolute Gasteiger partial charge is 0.495 e. The summed E-state index contributed by atoms with van der Waals surface area (Å²) in [5.74, 6) is 1.74. The molecule has 4 heteroatoms. The molecule has 0 radical (unpaired) electrons. The van der Waals surface area contributed by atoms with Gasteiger partial charge < -0.3 is 15.4 Å². The summed E-state index contributed by atoms with van der Waals surface area (Å²) in [6.07, 6.45) is 2.82. The van der Waals surface area contributed by atoms with Crippen molar-refractivity contribution >= 4 is 11.5 Å². The van der Waals surface area contributed by atoms with Gasteiger partial charge in [-0.25, -0.2) is 4.98 Å². The Kier molecular flexibility index (Phi) is 4.82. The van der Waals surface area contributed by atoms with Crippen LogP contribution in [0.15, 0.2) is 42.6 Å². The highest BCUT2D eigenvalue weighted by atomic mass is 16.5. The number of benzene rings is 1. The van der Waals surface area contributed by atoms with Gasteiger partial charge in [-0.05, 0) is 36.2 Å². The van der Waals surface area contributed by atoms with Crippen molar-refractivity contribution in [3.8, 4) is 5.75 Å². The molecule has 0 unspecified atom stereocenters. The number of nitrogens with two attached hydrogens (primary N) is 1. The maximum absolute atomic E-state index is 5.72. The number of nitrogens with zero attached hydrogens (tertiary/aromatic N) is 2. The molecule has 1 aromatic heterocycles. The van der Waals surface area contributed by atoms with Crippen LogP contribution in [0.2, 0.25) is 0 Å². The van der Waals surface area contributed by atoms with Gasteiger partial charge in [-0.15, -0.1) is 0 Å². The summed E-state index contributed by atoms with van der Waals surface area (Å²) in [4.78, 5) is 6.71. The zero-order chi connectivity index (χ0) is 14.4. The summed E-state index contributed by atoms with van der Waals surface area (Å²) >= 11 is 0. The second-order valence-corrected chi connectivity index (χ2v) is 4.72. The van der Waals surface area contributed by atoms with E-state index < -0.39 is 0 Å². The smallest absolute Gasteiger partial charge is 0.137 e. The minimum Gasteiger partial charge on any atom is -0.495 e. The number of hydrogen-bond acceptors (Lipinski definition) is 4. The Bertz CT molecular complexity index is 522. The fourth-order valence-corrected chi connectivity index (χ4v) is 2.07. The highest BCUT2D eigenvalue weighted by Gasteiger charge is 2.08. The molecule has 0 spiro atoms. The van der Waals surface area contributed by atoms with Crippen molar-refractivity contribution < 1.29 is 4.74 Å². The molecule has 0 saturated heterocycles. The first-order valence-corrected chi connectivity index (χ1v) is 6.82. The van der Waals surface area contributed by atoms with E-state index in [4.69, 9.17) is 10.5 Å². The second-order valence-electron chi connectivity index (χ2n) is 4.72. The van der Waals surface area contributed by atoms with Crippen LogP contribution >= 0.6 is 0 Å². The summed E-state index contributed by atoms with van der Waals surface area (Å²) in [7, 11) is 1.65. The van der Waals surface area contributed by atoms with Crippen LogP contribution in [0.5, 0.6) is 5.75 Å². The van der Waals surface area contributed by atoms with Gasteiger partial charge >= 0.3 is 0 Å². The van der Waals surface area contributed by atoms with Crippen molar-refractivity contribution in [3.63, 3.8) is 0 Å². The molecular weight excluding hydrogens is 250 g/mol. The quantitative estimate of drug-likeness (QED) is 0.820. The van der Waals surface area contributed by atoms with Gasteiger partial charge in [0.1, 0.15) is 11.6 Å². The number of methoxy groups -OCH3 is 1. The molecule has 4 nitrogen and oxygen atoms in total. The van der Waals surface area contributed by atoms with Crippen LogP contribution in [0.25, 0.3) is 0 Å². The third-order valence-electron chi connectivity index (χ3n) is 3.13. The van der Waals surface area contributed by atoms with Gasteiger partial charge in [0.15, 0.2) is 0 Å². The van der Waals surface area contributed by atoms with Crippen molar-refractivity contribution in [1.82, 2.24) is 4.98 Å². The van der Waals surface area contributed by atoms with E-state index >= 15 is 0 Å². The van der Waals surface area contributed by atoms with E-state index in [9.17, 15) is 0 Å². The third-order valence-corrected chi connectivity index (χ3v) is 3.13. The van der Waals surface area contributed by atoms with Crippen molar-refractivity contribution in [2.45, 2.75) is 19.9 Å². The van der Waals surface area contributed by atoms with Crippen LogP contribution in [0, 0.1) is 0 Å². The Morgan fingerprint density at radius 2 is 1.90 bits per heavy atom. The fourth-order valence-electron chi connectivity index (χ4n) is 2.07. The van der Waals surface area contributed by atoms with E-state index in [-0.39, 0.29) is 0 Å². The minimum atomic E-state index is 0.776. The van der Waals surface area contributed by atoms with Gasteiger partial charge in [-0.3, -0.25) is 0 Å². The number of nitrogen functional groups attached to an aromatic ring is 1. The molecule has 0 amide bonds. The van der Waals surface area contributed by atoms with E-state index in [0.29, 0.717) is 0 Å². The standard InChI is InChI=1S/C16H21N3O/c1-3-10-19(12-13-4-6-14(17)7-5-13)16-9-8-15(20-2)11-18-16/h4-9,11H,3,10,12,17H2,1-2H3. The normalized spacial score (nSPS) is 10.3. The average molecular weight is 271 g/mol. The van der Waals surface area contributed by atoms with Crippen LogP contribution in [0.4, 0.5) is 11.5 Å². The molecule has 0 aliphatic rings. The number of anilines is 2. The predicted molar refractivity (Wildman–Crippen MR) is 83.0 cm³/mol. The molecule has 0 bridgehead atoms. The molecule has 1 aromatic carbocycles. The van der Waals surface area contributed by atoms with Gasteiger partial charge in [0.05, 0.1) is 13.3 Å². The molecule has 1 heterocycles. The monoisotopic (exact) mass is 271 g/mol. The summed E-state index contributed by atoms with van der Waals surface area (Å²) in [5, 5.41) is 0. The highest BCUT2D eigenvalue weighted by Crippen LogP contribution is 2.18. The fraction of sp³-hybridized carbons (Fsp3) is 0.312. The van der Waals surface area contributed by atoms with Gasteiger partial charge in [-0.1, -0.05) is 19.1 Å². The summed E-state index contributed by atoms with van der Waals surface area (Å²) in [6, 6.07) is 11.9. The molecule has 0 saturated carbocycles. The van der Waals surface area contributed by atoms with Crippen molar-refractivity contribution in [1.29, 1.82) is 0 Å². The Morgan fingerprint density at radius 1 is 1.15 bits per heavy atom. The molecule has 0 aliphatic carbocycles. The van der Waals surface area contributed by atoms with Crippen molar-refractivity contribution in [3.05, 3.63) is 48.2 Å². The first kappa shape index (κ1) is 14.2. The molecule has 2 aromatic rings. The summed E-state index contributed by atoms with van der Waals surface area (Å²) < 4.78 is 5.15. The first-order valence-electron chi connectivity index (χ1n) is 6.82. The van der Waals surface area contributed by atoms with Gasteiger partial charge in [0, 0.05) is 18.8 Å². The SMILES string of the molecule is CCCN(Cc1ccc(N)cc1)c1ccc(OC)cn1. The maximum Gasteiger partial charge on any atom is 0.137 e. The molecule has 2 rings (SSSR count). The second kappa shape index (κ2) is 6.80. The van der Waals surface area contributed by atoms with Gasteiger partial charge in [0.25, 0.3) is 0 Å². The van der Waals surface area contributed by atoms with Gasteiger partial charge in [0.2, 0.25) is 0 Å². The molecule has 0 atom stereocenters. The highest BCUT2D eigenvalue weighted by molar-refractivity contribution is 5.44. The summed E-state index contributed by atoms with van der Waals surface area (Å²) in [5.41, 5.74) is 7.74. The lowest BCUT2D eigenvalue weighted by atomic mass is 10.2. The van der Waals surface area contributed by atoms with Crippen LogP contribution in [0.3, 0.4) is 0 Å². The van der Waals surface area contributed by atoms with E-state index in [1.54, 1.807) is 13.3 Å². The minimum absolute atomic E-state index is 0.776. The average Bonchev–Trinajstić information content (AvgIpc) is 2.49. The number of pyridine rings is 1. The third kappa shape index (κ3) is 3.63. The Hall–Kier alpha value is -2.23. The van der Waals surface area contributed by atoms with Gasteiger partial charge in [-0.2, -0.15) is 0 Å². The Balaban J connectivity index is 2.14. The van der Waals surface area contributed by atoms with Crippen molar-refractivity contribution in [2.75, 3.05) is 24.3 Å². The molecule has 0 aliphatic heterocycles. The van der Waals surface area contributed by atoms with E-state index in [1.165, 1.54) is 5.56 Å². The van der Waals surface area contributed by atoms with Crippen molar-refractivity contribution in [2.24, 2.45) is 0 Å². The van der Waals surface area contributed by atoms with E-state index in [2.05, 4.69) is 28.9 Å². The van der Waals surface area contributed by atoms with Crippen LogP contribution in [-0.2, 0) is 6.54 Å². The topological polar surface area (TPSA) is 51.4 Å². The lowest BCUT2D eigenvalue weighted by molar-refractivity contribution is 0.413. The zero-order valence-corrected chi connectivity index (χ0v) is 12.0. The van der Waals surface area contributed by atoms with Crippen LogP contribution < -0.4 is 15.4 Å². The zero-order valence-electron chi connectivity index (χ0n) is 12.0.